The number of aliphatic imine (C=N–C) groups is 1. The highest BCUT2D eigenvalue weighted by Crippen LogP contribution is 2.33. The van der Waals surface area contributed by atoms with Gasteiger partial charge < -0.3 is 11.1 Å². The molecule has 27 heavy (non-hydrogen) atoms. The number of amides is 1. The summed E-state index contributed by atoms with van der Waals surface area (Å²) in [6.07, 6.45) is 15.5. The predicted molar refractivity (Wildman–Crippen MR) is 111 cm³/mol. The summed E-state index contributed by atoms with van der Waals surface area (Å²) in [7, 11) is 0. The average Bonchev–Trinajstić information content (AvgIpc) is 2.66. The number of nitrogens with zero attached hydrogens (tertiary/aromatic N) is 1. The second-order valence-corrected chi connectivity index (χ2v) is 7.62. The SMILES string of the molecule is CC=C(C=N/C(=C\C)N[C@H](C)CC(C)(N)C1CCCCC1)/C=C/C(=O)NO. The Kier molecular flexibility index (Phi) is 10.0. The van der Waals surface area contributed by atoms with Gasteiger partial charge in [0.15, 0.2) is 0 Å². The van der Waals surface area contributed by atoms with Gasteiger partial charge in [0.2, 0.25) is 0 Å². The summed E-state index contributed by atoms with van der Waals surface area (Å²) in [6, 6.07) is 0.204. The Balaban J connectivity index is 2.63. The van der Waals surface area contributed by atoms with Crippen molar-refractivity contribution in [1.82, 2.24) is 10.8 Å². The zero-order valence-electron chi connectivity index (χ0n) is 17.2. The predicted octanol–water partition coefficient (Wildman–Crippen LogP) is 3.59. The van der Waals surface area contributed by atoms with Crippen LogP contribution in [0.2, 0.25) is 0 Å². The quantitative estimate of drug-likeness (QED) is 0.162. The van der Waals surface area contributed by atoms with Crippen molar-refractivity contribution in [3.8, 4) is 0 Å². The molecule has 1 fully saturated rings. The van der Waals surface area contributed by atoms with Gasteiger partial charge in [0, 0.05) is 23.9 Å². The maximum Gasteiger partial charge on any atom is 0.267 e. The summed E-state index contributed by atoms with van der Waals surface area (Å²) in [5, 5.41) is 12.0. The fourth-order valence-electron chi connectivity index (χ4n) is 3.65. The van der Waals surface area contributed by atoms with Crippen LogP contribution in [0.15, 0.2) is 40.7 Å². The third-order valence-corrected chi connectivity index (χ3v) is 5.17. The molecular weight excluding hydrogens is 340 g/mol. The van der Waals surface area contributed by atoms with Crippen LogP contribution >= 0.6 is 0 Å². The van der Waals surface area contributed by atoms with E-state index in [1.54, 1.807) is 17.8 Å². The van der Waals surface area contributed by atoms with Gasteiger partial charge in [0.1, 0.15) is 5.82 Å². The van der Waals surface area contributed by atoms with Crippen molar-refractivity contribution >= 4 is 12.1 Å². The lowest BCUT2D eigenvalue weighted by Crippen LogP contribution is -2.49. The number of rotatable bonds is 9. The Bertz CT molecular complexity index is 585. The van der Waals surface area contributed by atoms with E-state index in [0.29, 0.717) is 5.92 Å². The Morgan fingerprint density at radius 2 is 1.93 bits per heavy atom. The summed E-state index contributed by atoms with van der Waals surface area (Å²) in [5.41, 5.74) is 8.81. The number of nitrogens with one attached hydrogen (secondary N) is 2. The van der Waals surface area contributed by atoms with Crippen molar-refractivity contribution in [1.29, 1.82) is 0 Å². The first kappa shape index (κ1) is 23.1. The fourth-order valence-corrected chi connectivity index (χ4v) is 3.65. The standard InChI is InChI=1S/C21H36N4O2/c1-5-17(12-13-20(26)25-27)15-23-19(6-2)24-16(3)14-21(4,22)18-10-8-7-9-11-18/h5-6,12-13,15-16,18,24,27H,7-11,14,22H2,1-4H3,(H,25,26)/b13-12+,17-5?,19-6+,23-15?/t16-,21?/m1/s1. The molecule has 1 aliphatic carbocycles. The summed E-state index contributed by atoms with van der Waals surface area (Å²) in [5.74, 6) is 0.775. The van der Waals surface area contributed by atoms with E-state index in [9.17, 15) is 4.79 Å². The highest BCUT2D eigenvalue weighted by Gasteiger charge is 2.32. The molecule has 0 aromatic carbocycles. The number of carbonyl (C=O) groups excluding carboxylic acids is 1. The minimum absolute atomic E-state index is 0.176. The second kappa shape index (κ2) is 11.7. The molecule has 0 aliphatic heterocycles. The summed E-state index contributed by atoms with van der Waals surface area (Å²) in [4.78, 5) is 15.6. The van der Waals surface area contributed by atoms with E-state index in [1.165, 1.54) is 38.2 Å². The zero-order valence-corrected chi connectivity index (χ0v) is 17.2. The molecule has 2 atom stereocenters. The van der Waals surface area contributed by atoms with Gasteiger partial charge in [0.05, 0.1) is 0 Å². The summed E-state index contributed by atoms with van der Waals surface area (Å²) in [6.45, 7) is 8.10. The number of carbonyl (C=O) groups is 1. The van der Waals surface area contributed by atoms with Crippen molar-refractivity contribution in [3.05, 3.63) is 35.7 Å². The van der Waals surface area contributed by atoms with Gasteiger partial charge in [0.25, 0.3) is 5.91 Å². The molecule has 0 aromatic heterocycles. The number of hydrogen-bond acceptors (Lipinski definition) is 5. The molecule has 1 unspecified atom stereocenters. The Morgan fingerprint density at radius 1 is 1.26 bits per heavy atom. The minimum Gasteiger partial charge on any atom is -0.368 e. The molecule has 0 aromatic rings. The monoisotopic (exact) mass is 376 g/mol. The Hall–Kier alpha value is -1.92. The fraction of sp³-hybridized carbons (Fsp3) is 0.619. The van der Waals surface area contributed by atoms with Gasteiger partial charge in [-0.15, -0.1) is 0 Å². The third-order valence-electron chi connectivity index (χ3n) is 5.17. The maximum absolute atomic E-state index is 11.1. The van der Waals surface area contributed by atoms with Gasteiger partial charge in [-0.2, -0.15) is 0 Å². The van der Waals surface area contributed by atoms with Crippen LogP contribution in [0.3, 0.4) is 0 Å². The molecule has 5 N–H and O–H groups in total. The molecular formula is C21H36N4O2. The average molecular weight is 377 g/mol. The first-order chi connectivity index (χ1) is 12.8. The Morgan fingerprint density at radius 3 is 2.48 bits per heavy atom. The highest BCUT2D eigenvalue weighted by atomic mass is 16.5. The van der Waals surface area contributed by atoms with Gasteiger partial charge in [-0.1, -0.05) is 25.3 Å². The number of hydroxylamine groups is 1. The molecule has 0 spiro atoms. The molecule has 1 saturated carbocycles. The smallest absolute Gasteiger partial charge is 0.267 e. The van der Waals surface area contributed by atoms with Crippen molar-refractivity contribution in [3.63, 3.8) is 0 Å². The summed E-state index contributed by atoms with van der Waals surface area (Å²) >= 11 is 0. The molecule has 6 nitrogen and oxygen atoms in total. The van der Waals surface area contributed by atoms with E-state index in [4.69, 9.17) is 10.9 Å². The largest absolute Gasteiger partial charge is 0.368 e. The van der Waals surface area contributed by atoms with E-state index in [-0.39, 0.29) is 11.6 Å². The molecule has 0 heterocycles. The van der Waals surface area contributed by atoms with Crippen LogP contribution in [-0.2, 0) is 4.79 Å². The molecule has 1 rings (SSSR count). The van der Waals surface area contributed by atoms with E-state index >= 15 is 0 Å². The molecule has 1 amide bonds. The van der Waals surface area contributed by atoms with Crippen molar-refractivity contribution in [2.24, 2.45) is 16.6 Å². The van der Waals surface area contributed by atoms with Crippen LogP contribution < -0.4 is 16.5 Å². The number of hydrogen-bond donors (Lipinski definition) is 4. The van der Waals surface area contributed by atoms with E-state index in [0.717, 1.165) is 17.8 Å². The van der Waals surface area contributed by atoms with Crippen molar-refractivity contribution < 1.29 is 10.0 Å². The topological polar surface area (TPSA) is 99.7 Å². The minimum atomic E-state index is -0.578. The van der Waals surface area contributed by atoms with Crippen LogP contribution in [0.5, 0.6) is 0 Å². The molecule has 6 heteroatoms. The van der Waals surface area contributed by atoms with Crippen LogP contribution in [0.25, 0.3) is 0 Å². The van der Waals surface area contributed by atoms with Crippen LogP contribution in [0, 0.1) is 5.92 Å². The molecule has 152 valence electrons. The molecule has 0 radical (unpaired) electrons. The maximum atomic E-state index is 11.1. The van der Waals surface area contributed by atoms with Gasteiger partial charge in [-0.05, 0) is 70.6 Å². The Labute approximate surface area is 163 Å². The molecule has 0 bridgehead atoms. The van der Waals surface area contributed by atoms with E-state index in [2.05, 4.69) is 24.2 Å². The van der Waals surface area contributed by atoms with Crippen molar-refractivity contribution in [2.75, 3.05) is 0 Å². The van der Waals surface area contributed by atoms with Crippen LogP contribution in [0.1, 0.15) is 66.2 Å². The highest BCUT2D eigenvalue weighted by molar-refractivity contribution is 5.90. The lowest BCUT2D eigenvalue weighted by atomic mass is 9.73. The first-order valence-electron chi connectivity index (χ1n) is 9.86. The molecule has 1 aliphatic rings. The normalized spacial score (nSPS) is 20.7. The van der Waals surface area contributed by atoms with Crippen molar-refractivity contribution in [2.45, 2.75) is 77.8 Å². The summed E-state index contributed by atoms with van der Waals surface area (Å²) < 4.78 is 0. The van der Waals surface area contributed by atoms with Crippen LogP contribution in [0.4, 0.5) is 0 Å². The first-order valence-corrected chi connectivity index (χ1v) is 9.86. The lowest BCUT2D eigenvalue weighted by molar-refractivity contribution is -0.124. The van der Waals surface area contributed by atoms with E-state index in [1.807, 2.05) is 26.0 Å². The lowest BCUT2D eigenvalue weighted by Gasteiger charge is -2.38. The van der Waals surface area contributed by atoms with Gasteiger partial charge in [-0.25, -0.2) is 10.5 Å². The van der Waals surface area contributed by atoms with Gasteiger partial charge >= 0.3 is 0 Å². The number of allylic oxidation sites excluding steroid dienone is 4. The van der Waals surface area contributed by atoms with E-state index < -0.39 is 5.91 Å². The third kappa shape index (κ3) is 8.54. The number of nitrogens with two attached hydrogens (primary N) is 1. The zero-order chi connectivity index (χ0) is 20.3. The molecule has 0 saturated heterocycles. The van der Waals surface area contributed by atoms with Gasteiger partial charge in [-0.3, -0.25) is 10.0 Å². The second-order valence-electron chi connectivity index (χ2n) is 7.62. The van der Waals surface area contributed by atoms with Crippen LogP contribution in [-0.4, -0.2) is 28.9 Å².